The summed E-state index contributed by atoms with van der Waals surface area (Å²) >= 11 is 0. The van der Waals surface area contributed by atoms with Crippen LogP contribution in [0.15, 0.2) is 29.2 Å². The first-order valence-corrected chi connectivity index (χ1v) is 8.45. The Morgan fingerprint density at radius 2 is 1.80 bits per heavy atom. The molecule has 2 N–H and O–H groups in total. The van der Waals surface area contributed by atoms with Crippen molar-refractivity contribution in [2.24, 2.45) is 5.92 Å². The van der Waals surface area contributed by atoms with Gasteiger partial charge in [0.05, 0.1) is 4.90 Å². The molecule has 1 aromatic rings. The van der Waals surface area contributed by atoms with Crippen molar-refractivity contribution in [1.29, 1.82) is 0 Å². The average Bonchev–Trinajstić information content (AvgIpc) is 2.47. The molecule has 0 aromatic heterocycles. The Balaban J connectivity index is 1.93. The molecule has 1 saturated heterocycles. The fraction of sp³-hybridized carbons (Fsp3) is 0.571. The van der Waals surface area contributed by atoms with Gasteiger partial charge in [-0.3, -0.25) is 0 Å². The predicted octanol–water partition coefficient (Wildman–Crippen LogP) is 1.35. The Morgan fingerprint density at radius 1 is 1.20 bits per heavy atom. The third-order valence-electron chi connectivity index (χ3n) is 3.85. The van der Waals surface area contributed by atoms with Crippen LogP contribution in [0.5, 0.6) is 0 Å². The largest absolute Gasteiger partial charge is 0.388 e. The van der Waals surface area contributed by atoms with Gasteiger partial charge in [-0.25, -0.2) is 13.1 Å². The highest BCUT2D eigenvalue weighted by Gasteiger charge is 2.20. The fourth-order valence-electron chi connectivity index (χ4n) is 2.38. The smallest absolute Gasteiger partial charge is 0.240 e. The summed E-state index contributed by atoms with van der Waals surface area (Å²) in [4.78, 5) is 2.60. The molecular formula is C14H23N3O2S. The molecule has 0 amide bonds. The maximum atomic E-state index is 12.2. The van der Waals surface area contributed by atoms with Crippen molar-refractivity contribution in [2.75, 3.05) is 39.0 Å². The quantitative estimate of drug-likeness (QED) is 0.861. The Morgan fingerprint density at radius 3 is 2.35 bits per heavy atom. The minimum atomic E-state index is -3.39. The van der Waals surface area contributed by atoms with Gasteiger partial charge < -0.3 is 10.2 Å². The van der Waals surface area contributed by atoms with Gasteiger partial charge in [0.25, 0.3) is 0 Å². The average molecular weight is 297 g/mol. The minimum Gasteiger partial charge on any atom is -0.388 e. The van der Waals surface area contributed by atoms with E-state index in [0.29, 0.717) is 17.4 Å². The first-order chi connectivity index (χ1) is 9.51. The lowest BCUT2D eigenvalue weighted by molar-refractivity contribution is 0.220. The van der Waals surface area contributed by atoms with Crippen molar-refractivity contribution in [3.63, 3.8) is 0 Å². The molecule has 1 heterocycles. The Hall–Kier alpha value is -1.11. The summed E-state index contributed by atoms with van der Waals surface area (Å²) in [6, 6.07) is 6.79. The molecule has 20 heavy (non-hydrogen) atoms. The van der Waals surface area contributed by atoms with E-state index >= 15 is 0 Å². The van der Waals surface area contributed by atoms with Crippen molar-refractivity contribution in [1.82, 2.24) is 9.62 Å². The molecule has 0 radical (unpaired) electrons. The molecule has 0 saturated carbocycles. The molecule has 1 aliphatic heterocycles. The van der Waals surface area contributed by atoms with Gasteiger partial charge in [0, 0.05) is 19.3 Å². The first-order valence-electron chi connectivity index (χ1n) is 6.97. The van der Waals surface area contributed by atoms with Crippen molar-refractivity contribution in [3.05, 3.63) is 24.3 Å². The number of hydrogen-bond acceptors (Lipinski definition) is 4. The molecule has 0 atom stereocenters. The molecule has 0 unspecified atom stereocenters. The van der Waals surface area contributed by atoms with Crippen LogP contribution in [0.1, 0.15) is 12.8 Å². The number of rotatable bonds is 5. The van der Waals surface area contributed by atoms with Gasteiger partial charge in [0.15, 0.2) is 0 Å². The molecule has 0 bridgehead atoms. The Bertz CT molecular complexity index is 520. The number of benzene rings is 1. The zero-order valence-electron chi connectivity index (χ0n) is 12.1. The number of piperidine rings is 1. The number of nitrogens with one attached hydrogen (secondary N) is 2. The maximum absolute atomic E-state index is 12.2. The second-order valence-electron chi connectivity index (χ2n) is 5.37. The zero-order valence-corrected chi connectivity index (χ0v) is 12.9. The van der Waals surface area contributed by atoms with Crippen LogP contribution in [0.25, 0.3) is 0 Å². The van der Waals surface area contributed by atoms with Crippen molar-refractivity contribution in [2.45, 2.75) is 17.7 Å². The van der Waals surface area contributed by atoms with Crippen LogP contribution in [0, 0.1) is 5.92 Å². The fourth-order valence-corrected chi connectivity index (χ4v) is 3.49. The molecule has 6 heteroatoms. The van der Waals surface area contributed by atoms with E-state index < -0.39 is 10.0 Å². The summed E-state index contributed by atoms with van der Waals surface area (Å²) in [7, 11) is 0.519. The van der Waals surface area contributed by atoms with Crippen LogP contribution in [0.4, 0.5) is 5.69 Å². The Labute approximate surface area is 121 Å². The lowest BCUT2D eigenvalue weighted by Crippen LogP contribution is -2.36. The van der Waals surface area contributed by atoms with Crippen molar-refractivity contribution in [3.8, 4) is 0 Å². The SMILES string of the molecule is CNc1ccc(S(=O)(=O)NCC2CCN(C)CC2)cc1. The van der Waals surface area contributed by atoms with Gasteiger partial charge in [0.1, 0.15) is 0 Å². The van der Waals surface area contributed by atoms with E-state index in [9.17, 15) is 8.42 Å². The van der Waals surface area contributed by atoms with E-state index in [4.69, 9.17) is 0 Å². The maximum Gasteiger partial charge on any atom is 0.240 e. The van der Waals surface area contributed by atoms with Crippen LogP contribution in [0.3, 0.4) is 0 Å². The summed E-state index contributed by atoms with van der Waals surface area (Å²) in [5.74, 6) is 0.442. The predicted molar refractivity (Wildman–Crippen MR) is 81.4 cm³/mol. The van der Waals surface area contributed by atoms with Crippen LogP contribution >= 0.6 is 0 Å². The van der Waals surface area contributed by atoms with Crippen LogP contribution in [-0.4, -0.2) is 47.0 Å². The van der Waals surface area contributed by atoms with E-state index in [2.05, 4.69) is 22.0 Å². The molecule has 112 valence electrons. The second kappa shape index (κ2) is 6.56. The number of likely N-dealkylation sites (tertiary alicyclic amines) is 1. The molecule has 5 nitrogen and oxygen atoms in total. The molecule has 0 spiro atoms. The minimum absolute atomic E-state index is 0.324. The van der Waals surface area contributed by atoms with Gasteiger partial charge in [-0.1, -0.05) is 0 Å². The summed E-state index contributed by atoms with van der Waals surface area (Å²) in [6.07, 6.45) is 2.11. The number of anilines is 1. The van der Waals surface area contributed by atoms with Gasteiger partial charge >= 0.3 is 0 Å². The monoisotopic (exact) mass is 297 g/mol. The molecule has 1 aliphatic rings. The highest BCUT2D eigenvalue weighted by Crippen LogP contribution is 2.17. The van der Waals surface area contributed by atoms with Crippen LogP contribution in [0.2, 0.25) is 0 Å². The standard InChI is InChI=1S/C14H23N3O2S/c1-15-13-3-5-14(6-4-13)20(18,19)16-11-12-7-9-17(2)10-8-12/h3-6,12,15-16H,7-11H2,1-2H3. The number of sulfonamides is 1. The zero-order chi connectivity index (χ0) is 14.6. The van der Waals surface area contributed by atoms with Crippen LogP contribution in [-0.2, 0) is 10.0 Å². The van der Waals surface area contributed by atoms with Gasteiger partial charge in [0.2, 0.25) is 10.0 Å². The van der Waals surface area contributed by atoms with Crippen molar-refractivity contribution >= 4 is 15.7 Å². The van der Waals surface area contributed by atoms with Crippen molar-refractivity contribution < 1.29 is 8.42 Å². The second-order valence-corrected chi connectivity index (χ2v) is 7.14. The molecule has 2 rings (SSSR count). The topological polar surface area (TPSA) is 61.4 Å². The summed E-state index contributed by atoms with van der Waals surface area (Å²) in [5.41, 5.74) is 0.902. The van der Waals surface area contributed by atoms with Crippen LogP contribution < -0.4 is 10.0 Å². The lowest BCUT2D eigenvalue weighted by atomic mass is 9.98. The lowest BCUT2D eigenvalue weighted by Gasteiger charge is -2.28. The van der Waals surface area contributed by atoms with Gasteiger partial charge in [-0.05, 0) is 63.2 Å². The highest BCUT2D eigenvalue weighted by atomic mass is 32.2. The highest BCUT2D eigenvalue weighted by molar-refractivity contribution is 7.89. The summed E-state index contributed by atoms with van der Waals surface area (Å²) < 4.78 is 27.1. The van der Waals surface area contributed by atoms with E-state index in [1.165, 1.54) is 0 Å². The molecular weight excluding hydrogens is 274 g/mol. The summed E-state index contributed by atoms with van der Waals surface area (Å²) in [6.45, 7) is 2.62. The van der Waals surface area contributed by atoms with E-state index in [-0.39, 0.29) is 0 Å². The van der Waals surface area contributed by atoms with E-state index in [0.717, 1.165) is 31.6 Å². The van der Waals surface area contributed by atoms with E-state index in [1.807, 2.05) is 7.05 Å². The Kier molecular flexibility index (Phi) is 5.01. The molecule has 0 aliphatic carbocycles. The van der Waals surface area contributed by atoms with E-state index in [1.54, 1.807) is 24.3 Å². The molecule has 1 fully saturated rings. The third kappa shape index (κ3) is 3.94. The van der Waals surface area contributed by atoms with Gasteiger partial charge in [-0.15, -0.1) is 0 Å². The molecule has 1 aromatic carbocycles. The normalized spacial score (nSPS) is 18.1. The number of hydrogen-bond donors (Lipinski definition) is 2. The van der Waals surface area contributed by atoms with Gasteiger partial charge in [-0.2, -0.15) is 0 Å². The number of nitrogens with zero attached hydrogens (tertiary/aromatic N) is 1. The first kappa shape index (κ1) is 15.3. The summed E-state index contributed by atoms with van der Waals surface area (Å²) in [5, 5.41) is 2.97. The third-order valence-corrected chi connectivity index (χ3v) is 5.29.